The van der Waals surface area contributed by atoms with Gasteiger partial charge in [0.05, 0.1) is 14.2 Å². The van der Waals surface area contributed by atoms with Gasteiger partial charge in [0.2, 0.25) is 5.95 Å². The summed E-state index contributed by atoms with van der Waals surface area (Å²) in [6.45, 7) is 1.03. The summed E-state index contributed by atoms with van der Waals surface area (Å²) in [6.07, 6.45) is 2.42. The molecular formula is C22H24N4O3. The van der Waals surface area contributed by atoms with Gasteiger partial charge in [-0.3, -0.25) is 4.79 Å². The highest BCUT2D eigenvalue weighted by Gasteiger charge is 2.10. The summed E-state index contributed by atoms with van der Waals surface area (Å²) in [5.74, 6) is 1.42. The molecule has 0 atom stereocenters. The van der Waals surface area contributed by atoms with E-state index < -0.39 is 0 Å². The lowest BCUT2D eigenvalue weighted by Crippen LogP contribution is -2.24. The fourth-order valence-corrected chi connectivity index (χ4v) is 2.80. The number of amides is 1. The van der Waals surface area contributed by atoms with Crippen molar-refractivity contribution in [2.45, 2.75) is 13.0 Å². The van der Waals surface area contributed by atoms with Gasteiger partial charge in [0.15, 0.2) is 11.5 Å². The first-order valence-corrected chi connectivity index (χ1v) is 9.29. The van der Waals surface area contributed by atoms with Crippen molar-refractivity contribution in [2.75, 3.05) is 26.1 Å². The lowest BCUT2D eigenvalue weighted by molar-refractivity contribution is 0.0946. The monoisotopic (exact) mass is 392 g/mol. The average Bonchev–Trinajstić information content (AvgIpc) is 2.78. The van der Waals surface area contributed by atoms with E-state index >= 15 is 0 Å². The molecule has 0 unspecified atom stereocenters. The Balaban J connectivity index is 1.55. The first kappa shape index (κ1) is 20.1. The Morgan fingerprint density at radius 3 is 2.52 bits per heavy atom. The molecule has 150 valence electrons. The molecule has 7 heteroatoms. The van der Waals surface area contributed by atoms with Crippen LogP contribution in [0, 0.1) is 0 Å². The fraction of sp³-hybridized carbons (Fsp3) is 0.227. The summed E-state index contributed by atoms with van der Waals surface area (Å²) in [6, 6.07) is 17.2. The third-order valence-electron chi connectivity index (χ3n) is 4.33. The molecule has 0 aliphatic carbocycles. The van der Waals surface area contributed by atoms with Crippen molar-refractivity contribution in [3.05, 3.63) is 77.6 Å². The van der Waals surface area contributed by atoms with Crippen LogP contribution in [-0.2, 0) is 13.0 Å². The number of ether oxygens (including phenoxy) is 2. The average molecular weight is 392 g/mol. The number of nitrogens with one attached hydrogen (secondary N) is 2. The molecule has 0 radical (unpaired) electrons. The second-order valence-corrected chi connectivity index (χ2v) is 6.30. The normalized spacial score (nSPS) is 10.3. The predicted octanol–water partition coefficient (Wildman–Crippen LogP) is 3.08. The van der Waals surface area contributed by atoms with E-state index in [1.54, 1.807) is 32.5 Å². The molecule has 3 aromatic rings. The van der Waals surface area contributed by atoms with E-state index in [9.17, 15) is 4.79 Å². The number of hydrogen-bond acceptors (Lipinski definition) is 6. The van der Waals surface area contributed by atoms with E-state index in [0.29, 0.717) is 36.2 Å². The fourth-order valence-electron chi connectivity index (χ4n) is 2.80. The number of benzene rings is 2. The van der Waals surface area contributed by atoms with Crippen molar-refractivity contribution >= 4 is 11.9 Å². The number of nitrogens with zero attached hydrogens (tertiary/aromatic N) is 2. The molecule has 0 bridgehead atoms. The number of carbonyl (C=O) groups is 1. The van der Waals surface area contributed by atoms with Crippen LogP contribution >= 0.6 is 0 Å². The largest absolute Gasteiger partial charge is 0.493 e. The molecule has 7 nitrogen and oxygen atoms in total. The standard InChI is InChI=1S/C22H24N4O3/c1-28-19-9-8-17(14-20(19)29-2)15-25-21(27)18-11-13-24-22(26-18)23-12-10-16-6-4-3-5-7-16/h3-9,11,13-14H,10,12,15H2,1-2H3,(H,25,27)(H,23,24,26). The number of methoxy groups -OCH3 is 2. The molecule has 0 spiro atoms. The predicted molar refractivity (Wildman–Crippen MR) is 111 cm³/mol. The van der Waals surface area contributed by atoms with Gasteiger partial charge in [0.25, 0.3) is 5.91 Å². The maximum Gasteiger partial charge on any atom is 0.270 e. The van der Waals surface area contributed by atoms with Gasteiger partial charge in [0.1, 0.15) is 5.69 Å². The Labute approximate surface area is 170 Å². The Kier molecular flexibility index (Phi) is 7.00. The molecule has 0 aliphatic rings. The first-order chi connectivity index (χ1) is 14.2. The summed E-state index contributed by atoms with van der Waals surface area (Å²) in [5, 5.41) is 6.02. The zero-order chi connectivity index (χ0) is 20.5. The molecule has 29 heavy (non-hydrogen) atoms. The van der Waals surface area contributed by atoms with Gasteiger partial charge in [-0.25, -0.2) is 9.97 Å². The summed E-state index contributed by atoms with van der Waals surface area (Å²) in [5.41, 5.74) is 2.43. The molecule has 2 aromatic carbocycles. The molecule has 0 fully saturated rings. The summed E-state index contributed by atoms with van der Waals surface area (Å²) < 4.78 is 10.5. The van der Waals surface area contributed by atoms with Gasteiger partial charge in [-0.05, 0) is 35.7 Å². The lowest BCUT2D eigenvalue weighted by atomic mass is 10.1. The highest BCUT2D eigenvalue weighted by molar-refractivity contribution is 5.92. The molecule has 2 N–H and O–H groups in total. The van der Waals surface area contributed by atoms with Crippen molar-refractivity contribution in [3.8, 4) is 11.5 Å². The Bertz CT molecular complexity index is 948. The molecule has 1 aromatic heterocycles. The number of hydrogen-bond donors (Lipinski definition) is 2. The summed E-state index contributed by atoms with van der Waals surface area (Å²) in [7, 11) is 3.16. The van der Waals surface area contributed by atoms with Crippen LogP contribution in [0.5, 0.6) is 11.5 Å². The molecule has 1 heterocycles. The van der Waals surface area contributed by atoms with E-state index in [0.717, 1.165) is 12.0 Å². The van der Waals surface area contributed by atoms with Gasteiger partial charge in [-0.15, -0.1) is 0 Å². The van der Waals surface area contributed by atoms with Crippen LogP contribution < -0.4 is 20.1 Å². The number of anilines is 1. The van der Waals surface area contributed by atoms with Crippen LogP contribution in [-0.4, -0.2) is 36.6 Å². The minimum atomic E-state index is -0.270. The topological polar surface area (TPSA) is 85.4 Å². The van der Waals surface area contributed by atoms with Crippen LogP contribution in [0.3, 0.4) is 0 Å². The second kappa shape index (κ2) is 10.1. The minimum Gasteiger partial charge on any atom is -0.493 e. The van der Waals surface area contributed by atoms with Gasteiger partial charge < -0.3 is 20.1 Å². The Morgan fingerprint density at radius 1 is 0.966 bits per heavy atom. The van der Waals surface area contributed by atoms with Gasteiger partial charge in [0, 0.05) is 19.3 Å². The van der Waals surface area contributed by atoms with E-state index in [-0.39, 0.29) is 5.91 Å². The smallest absolute Gasteiger partial charge is 0.270 e. The molecule has 0 aliphatic heterocycles. The van der Waals surface area contributed by atoms with Crippen molar-refractivity contribution in [1.82, 2.24) is 15.3 Å². The Hall–Kier alpha value is -3.61. The van der Waals surface area contributed by atoms with Gasteiger partial charge >= 0.3 is 0 Å². The van der Waals surface area contributed by atoms with Crippen molar-refractivity contribution < 1.29 is 14.3 Å². The number of rotatable bonds is 9. The maximum atomic E-state index is 12.5. The number of aromatic nitrogens is 2. The third kappa shape index (κ3) is 5.68. The second-order valence-electron chi connectivity index (χ2n) is 6.30. The minimum absolute atomic E-state index is 0.270. The molecule has 1 amide bonds. The SMILES string of the molecule is COc1ccc(CNC(=O)c2ccnc(NCCc3ccccc3)n2)cc1OC. The van der Waals surface area contributed by atoms with Crippen LogP contribution in [0.2, 0.25) is 0 Å². The van der Waals surface area contributed by atoms with E-state index in [1.165, 1.54) is 5.56 Å². The van der Waals surface area contributed by atoms with Crippen LogP contribution in [0.25, 0.3) is 0 Å². The number of carbonyl (C=O) groups excluding carboxylic acids is 1. The van der Waals surface area contributed by atoms with E-state index in [1.807, 2.05) is 30.3 Å². The van der Waals surface area contributed by atoms with E-state index in [4.69, 9.17) is 9.47 Å². The Morgan fingerprint density at radius 2 is 1.76 bits per heavy atom. The van der Waals surface area contributed by atoms with Gasteiger partial charge in [-0.2, -0.15) is 0 Å². The van der Waals surface area contributed by atoms with Crippen LogP contribution in [0.4, 0.5) is 5.95 Å². The molecule has 0 saturated heterocycles. The highest BCUT2D eigenvalue weighted by atomic mass is 16.5. The lowest BCUT2D eigenvalue weighted by Gasteiger charge is -2.10. The zero-order valence-electron chi connectivity index (χ0n) is 16.5. The maximum absolute atomic E-state index is 12.5. The molecule has 3 rings (SSSR count). The van der Waals surface area contributed by atoms with Crippen LogP contribution in [0.15, 0.2) is 60.8 Å². The van der Waals surface area contributed by atoms with Crippen molar-refractivity contribution in [3.63, 3.8) is 0 Å². The third-order valence-corrected chi connectivity index (χ3v) is 4.33. The zero-order valence-corrected chi connectivity index (χ0v) is 16.5. The van der Waals surface area contributed by atoms with Gasteiger partial charge in [-0.1, -0.05) is 36.4 Å². The first-order valence-electron chi connectivity index (χ1n) is 9.29. The quantitative estimate of drug-likeness (QED) is 0.582. The molecular weight excluding hydrogens is 368 g/mol. The van der Waals surface area contributed by atoms with Crippen molar-refractivity contribution in [1.29, 1.82) is 0 Å². The summed E-state index contributed by atoms with van der Waals surface area (Å²) >= 11 is 0. The summed E-state index contributed by atoms with van der Waals surface area (Å²) in [4.78, 5) is 20.9. The van der Waals surface area contributed by atoms with Crippen molar-refractivity contribution in [2.24, 2.45) is 0 Å². The molecule has 0 saturated carbocycles. The highest BCUT2D eigenvalue weighted by Crippen LogP contribution is 2.27. The van der Waals surface area contributed by atoms with E-state index in [2.05, 4.69) is 32.7 Å². The van der Waals surface area contributed by atoms with Crippen LogP contribution in [0.1, 0.15) is 21.6 Å².